The predicted molar refractivity (Wildman–Crippen MR) is 93.6 cm³/mol. The van der Waals surface area contributed by atoms with Crippen LogP contribution in [-0.2, 0) is 0 Å². The van der Waals surface area contributed by atoms with E-state index < -0.39 is 0 Å². The number of hydrogen-bond donors (Lipinski definition) is 0. The van der Waals surface area contributed by atoms with Crippen molar-refractivity contribution < 1.29 is 4.39 Å². The maximum atomic E-state index is 11.8. The minimum Gasteiger partial charge on any atom is -0.285 e. The van der Waals surface area contributed by atoms with E-state index in [0.717, 1.165) is 0 Å². The molecule has 0 fully saturated rings. The van der Waals surface area contributed by atoms with Crippen LogP contribution in [0.3, 0.4) is 0 Å². The maximum absolute atomic E-state index is 11.8. The summed E-state index contributed by atoms with van der Waals surface area (Å²) in [5.74, 6) is -0.289. The minimum absolute atomic E-state index is 0. The van der Waals surface area contributed by atoms with E-state index in [1.165, 1.54) is 50.8 Å². The molecule has 4 radical (unpaired) electrons. The zero-order valence-corrected chi connectivity index (χ0v) is 17.3. The van der Waals surface area contributed by atoms with Crippen LogP contribution in [0.4, 0.5) is 4.39 Å². The van der Waals surface area contributed by atoms with Crippen molar-refractivity contribution in [3.63, 3.8) is 0 Å². The number of aliphatic imine (C=N–C) groups is 1. The zero-order valence-electron chi connectivity index (χ0n) is 14.4. The van der Waals surface area contributed by atoms with Crippen LogP contribution in [0.5, 0.6) is 0 Å². The molecule has 0 N–H and O–H groups in total. The van der Waals surface area contributed by atoms with Crippen molar-refractivity contribution in [1.82, 2.24) is 0 Å². The summed E-state index contributed by atoms with van der Waals surface area (Å²) in [4.78, 5) is 3.60. The van der Waals surface area contributed by atoms with E-state index in [4.69, 9.17) is 0 Å². The van der Waals surface area contributed by atoms with Gasteiger partial charge in [-0.2, -0.15) is 0 Å². The van der Waals surface area contributed by atoms with Gasteiger partial charge in [0.15, 0.2) is 5.83 Å². The summed E-state index contributed by atoms with van der Waals surface area (Å²) in [6, 6.07) is 0. The van der Waals surface area contributed by atoms with Crippen LogP contribution in [0.1, 0.15) is 80.1 Å². The average molecular weight is 390 g/mol. The first-order valence-electron chi connectivity index (χ1n) is 7.73. The molecule has 1 aliphatic heterocycles. The third kappa shape index (κ3) is 43.0. The summed E-state index contributed by atoms with van der Waals surface area (Å²) >= 11 is 0. The van der Waals surface area contributed by atoms with Crippen LogP contribution in [0.25, 0.3) is 0 Å². The second kappa shape index (κ2) is 31.4. The first-order chi connectivity index (χ1) is 9.14. The Hall–Kier alpha value is -0.0813. The van der Waals surface area contributed by atoms with Crippen LogP contribution in [-0.4, -0.2) is 36.7 Å². The smallest absolute Gasteiger partial charge is 0.163 e. The summed E-state index contributed by atoms with van der Waals surface area (Å²) in [6.07, 6.45) is 10.9. The number of rotatable bonds is 3. The van der Waals surface area contributed by atoms with Crippen LogP contribution in [0.2, 0.25) is 0 Å². The molecule has 0 bridgehead atoms. The van der Waals surface area contributed by atoms with Crippen molar-refractivity contribution in [2.45, 2.75) is 80.1 Å². The van der Waals surface area contributed by atoms with E-state index in [1.807, 2.05) is 0 Å². The third-order valence-corrected chi connectivity index (χ3v) is 2.15. The van der Waals surface area contributed by atoms with Crippen molar-refractivity contribution in [3.8, 4) is 0 Å². The van der Waals surface area contributed by atoms with Gasteiger partial charge in [-0.25, -0.2) is 4.39 Å². The van der Waals surface area contributed by atoms with Crippen LogP contribution < -0.4 is 0 Å². The molecule has 0 aromatic carbocycles. The van der Waals surface area contributed by atoms with E-state index >= 15 is 0 Å². The average Bonchev–Trinajstić information content (AvgIpc) is 2.48. The van der Waals surface area contributed by atoms with Gasteiger partial charge < -0.3 is 0 Å². The standard InChI is InChI=1S/C5H4FN.3C4H10.Sn/c6-5-2-1-3-7-4-5;3*1-3-4-2;/h1,3H,4H2;3*3-4H2,1-2H3;. The van der Waals surface area contributed by atoms with Crippen molar-refractivity contribution in [3.05, 3.63) is 17.6 Å². The Morgan fingerprint density at radius 2 is 1.25 bits per heavy atom. The topological polar surface area (TPSA) is 12.4 Å². The molecule has 0 unspecified atom stereocenters. The second-order valence-electron chi connectivity index (χ2n) is 4.21. The minimum atomic E-state index is -0.289. The SMILES string of the molecule is CCCC.CCCC.CCCC.FC1=C=CC=NC1.[Sn]. The molecular formula is C17H34FNSn. The number of hydrogen-bond acceptors (Lipinski definition) is 1. The van der Waals surface area contributed by atoms with E-state index in [0.29, 0.717) is 0 Å². The van der Waals surface area contributed by atoms with E-state index in [9.17, 15) is 4.39 Å². The fourth-order valence-corrected chi connectivity index (χ4v) is 0.359. The molecule has 0 amide bonds. The van der Waals surface area contributed by atoms with Gasteiger partial charge in [0.25, 0.3) is 0 Å². The normalized spacial score (nSPS) is 10.4. The molecule has 1 rings (SSSR count). The van der Waals surface area contributed by atoms with Crippen molar-refractivity contribution in [2.24, 2.45) is 4.99 Å². The molecule has 0 saturated carbocycles. The van der Waals surface area contributed by atoms with E-state index in [2.05, 4.69) is 52.3 Å². The molecule has 1 heterocycles. The Bertz CT molecular complexity index is 216. The van der Waals surface area contributed by atoms with Gasteiger partial charge in [0.05, 0.1) is 6.54 Å². The number of nitrogens with zero attached hydrogens (tertiary/aromatic N) is 1. The van der Waals surface area contributed by atoms with Gasteiger partial charge in [-0.15, -0.1) is 0 Å². The fourth-order valence-electron chi connectivity index (χ4n) is 0.359. The van der Waals surface area contributed by atoms with Gasteiger partial charge in [0.1, 0.15) is 0 Å². The molecule has 0 aromatic rings. The molecule has 0 aliphatic carbocycles. The Labute approximate surface area is 143 Å². The van der Waals surface area contributed by atoms with Gasteiger partial charge >= 0.3 is 0 Å². The predicted octanol–water partition coefficient (Wildman–Crippen LogP) is 6.12. The zero-order chi connectivity index (χ0) is 15.4. The molecular weight excluding hydrogens is 356 g/mol. The summed E-state index contributed by atoms with van der Waals surface area (Å²) in [5, 5.41) is 0. The largest absolute Gasteiger partial charge is 0.285 e. The summed E-state index contributed by atoms with van der Waals surface area (Å²) in [5.41, 5.74) is 2.36. The number of unbranched alkanes of at least 4 members (excludes halogenated alkanes) is 3. The molecule has 118 valence electrons. The Morgan fingerprint density at radius 1 is 0.900 bits per heavy atom. The molecule has 0 atom stereocenters. The van der Waals surface area contributed by atoms with Crippen molar-refractivity contribution >= 4 is 30.1 Å². The van der Waals surface area contributed by atoms with Crippen LogP contribution in [0, 0.1) is 0 Å². The molecule has 0 saturated heterocycles. The molecule has 0 aromatic heterocycles. The first kappa shape index (κ1) is 28.1. The van der Waals surface area contributed by atoms with Crippen LogP contribution in [0.15, 0.2) is 22.6 Å². The van der Waals surface area contributed by atoms with Gasteiger partial charge in [-0.05, 0) is 0 Å². The summed E-state index contributed by atoms with van der Waals surface area (Å²) < 4.78 is 11.8. The summed E-state index contributed by atoms with van der Waals surface area (Å²) in [6.45, 7) is 13.2. The molecule has 3 heteroatoms. The van der Waals surface area contributed by atoms with Gasteiger partial charge in [0.2, 0.25) is 0 Å². The third-order valence-electron chi connectivity index (χ3n) is 2.15. The van der Waals surface area contributed by atoms with Gasteiger partial charge in [-0.1, -0.05) is 85.8 Å². The van der Waals surface area contributed by atoms with Gasteiger partial charge in [-0.3, -0.25) is 4.99 Å². The first-order valence-corrected chi connectivity index (χ1v) is 7.73. The molecule has 1 aliphatic rings. The van der Waals surface area contributed by atoms with E-state index in [1.54, 1.807) is 0 Å². The molecule has 0 spiro atoms. The second-order valence-corrected chi connectivity index (χ2v) is 4.21. The maximum Gasteiger partial charge on any atom is 0.163 e. The van der Waals surface area contributed by atoms with Crippen molar-refractivity contribution in [1.29, 1.82) is 0 Å². The van der Waals surface area contributed by atoms with Crippen molar-refractivity contribution in [2.75, 3.05) is 6.54 Å². The van der Waals surface area contributed by atoms with Crippen LogP contribution >= 0.6 is 0 Å². The number of halogens is 1. The quantitative estimate of drug-likeness (QED) is 0.407. The Morgan fingerprint density at radius 3 is 1.35 bits per heavy atom. The Balaban J connectivity index is -0.0000000881. The summed E-state index contributed by atoms with van der Waals surface area (Å²) in [7, 11) is 0. The fraction of sp³-hybridized carbons (Fsp3) is 0.765. The monoisotopic (exact) mass is 391 g/mol. The van der Waals surface area contributed by atoms with Gasteiger partial charge in [0, 0.05) is 36.2 Å². The van der Waals surface area contributed by atoms with E-state index in [-0.39, 0.29) is 36.3 Å². The Kier molecular flexibility index (Phi) is 44.1. The molecule has 20 heavy (non-hydrogen) atoms. The molecule has 1 nitrogen and oxygen atoms in total.